The van der Waals surface area contributed by atoms with E-state index in [1.165, 1.54) is 6.07 Å². The van der Waals surface area contributed by atoms with E-state index >= 15 is 0 Å². The van der Waals surface area contributed by atoms with Gasteiger partial charge in [0, 0.05) is 0 Å². The number of allylic oxidation sites excluding steroid dienone is 1. The van der Waals surface area contributed by atoms with Gasteiger partial charge in [-0.05, 0) is 37.0 Å². The zero-order chi connectivity index (χ0) is 12.5. The fourth-order valence-corrected chi connectivity index (χ4v) is 2.10. The second kappa shape index (κ2) is 4.53. The molecule has 2 rings (SSSR count). The van der Waals surface area contributed by atoms with Crippen molar-refractivity contribution in [3.8, 4) is 0 Å². The predicted octanol–water partition coefficient (Wildman–Crippen LogP) is 3.82. The Kier molecular flexibility index (Phi) is 3.24. The zero-order valence-corrected chi connectivity index (χ0v) is 9.30. The van der Waals surface area contributed by atoms with E-state index in [9.17, 15) is 13.2 Å². The second-order valence-corrected chi connectivity index (χ2v) is 4.27. The summed E-state index contributed by atoms with van der Waals surface area (Å²) < 4.78 is 37.7. The van der Waals surface area contributed by atoms with Crippen molar-refractivity contribution < 1.29 is 13.2 Å². The molecular formula is C13H14F3N. The maximum atomic E-state index is 12.6. The monoisotopic (exact) mass is 241 g/mol. The van der Waals surface area contributed by atoms with Crippen molar-refractivity contribution in [2.75, 3.05) is 0 Å². The first-order valence-electron chi connectivity index (χ1n) is 5.60. The molecule has 0 aliphatic heterocycles. The number of hydrogen-bond acceptors (Lipinski definition) is 1. The number of hydrogen-bond donors (Lipinski definition) is 1. The summed E-state index contributed by atoms with van der Waals surface area (Å²) in [4.78, 5) is 0. The molecule has 0 saturated carbocycles. The van der Waals surface area contributed by atoms with Gasteiger partial charge < -0.3 is 5.73 Å². The van der Waals surface area contributed by atoms with Gasteiger partial charge in [0.2, 0.25) is 0 Å². The van der Waals surface area contributed by atoms with Crippen LogP contribution >= 0.6 is 0 Å². The van der Waals surface area contributed by atoms with Crippen LogP contribution in [0.15, 0.2) is 35.9 Å². The Morgan fingerprint density at radius 3 is 2.59 bits per heavy atom. The predicted molar refractivity (Wildman–Crippen MR) is 60.3 cm³/mol. The van der Waals surface area contributed by atoms with Gasteiger partial charge >= 0.3 is 6.18 Å². The molecule has 0 aromatic heterocycles. The molecule has 1 aromatic carbocycles. The number of alkyl halides is 3. The zero-order valence-electron chi connectivity index (χ0n) is 9.30. The lowest BCUT2D eigenvalue weighted by atomic mass is 9.97. The van der Waals surface area contributed by atoms with Crippen molar-refractivity contribution in [1.29, 1.82) is 0 Å². The van der Waals surface area contributed by atoms with Crippen molar-refractivity contribution in [3.05, 3.63) is 47.0 Å². The van der Waals surface area contributed by atoms with Gasteiger partial charge in [0.15, 0.2) is 0 Å². The molecule has 17 heavy (non-hydrogen) atoms. The first kappa shape index (κ1) is 12.2. The van der Waals surface area contributed by atoms with Crippen LogP contribution in [0.5, 0.6) is 0 Å². The highest BCUT2D eigenvalue weighted by Gasteiger charge is 2.31. The Morgan fingerprint density at radius 1 is 1.24 bits per heavy atom. The third kappa shape index (κ3) is 2.69. The summed E-state index contributed by atoms with van der Waals surface area (Å²) in [5.41, 5.74) is 6.92. The summed E-state index contributed by atoms with van der Waals surface area (Å²) >= 11 is 0. The van der Waals surface area contributed by atoms with Crippen LogP contribution in [-0.4, -0.2) is 0 Å². The maximum absolute atomic E-state index is 12.6. The lowest BCUT2D eigenvalue weighted by Crippen LogP contribution is -2.14. The number of benzene rings is 1. The maximum Gasteiger partial charge on any atom is 0.416 e. The normalized spacial score (nSPS) is 18.0. The van der Waals surface area contributed by atoms with E-state index < -0.39 is 17.8 Å². The van der Waals surface area contributed by atoms with Crippen LogP contribution in [0.2, 0.25) is 0 Å². The Balaban J connectivity index is 2.27. The molecule has 0 spiro atoms. The Hall–Kier alpha value is -1.29. The molecular weight excluding hydrogens is 227 g/mol. The molecule has 0 saturated heterocycles. The molecule has 4 heteroatoms. The smallest absolute Gasteiger partial charge is 0.321 e. The van der Waals surface area contributed by atoms with Crippen LogP contribution in [0.25, 0.3) is 0 Å². The molecule has 92 valence electrons. The lowest BCUT2D eigenvalue weighted by Gasteiger charge is -2.15. The minimum Gasteiger partial charge on any atom is -0.321 e. The van der Waals surface area contributed by atoms with Gasteiger partial charge in [-0.1, -0.05) is 23.8 Å². The molecule has 1 aliphatic carbocycles. The SMILES string of the molecule is NC(C1=CCCC1)c1cccc(C(F)(F)F)c1. The Morgan fingerprint density at radius 2 is 2.00 bits per heavy atom. The first-order chi connectivity index (χ1) is 7.98. The minimum atomic E-state index is -4.31. The Labute approximate surface area is 98.1 Å². The number of nitrogens with two attached hydrogens (primary N) is 1. The highest BCUT2D eigenvalue weighted by molar-refractivity contribution is 5.33. The number of halogens is 3. The quantitative estimate of drug-likeness (QED) is 0.783. The lowest BCUT2D eigenvalue weighted by molar-refractivity contribution is -0.137. The minimum absolute atomic E-state index is 0.403. The standard InChI is InChI=1S/C13H14F3N/c14-13(15,16)11-7-3-6-10(8-11)12(17)9-4-1-2-5-9/h3-4,6-8,12H,1-2,5,17H2. The van der Waals surface area contributed by atoms with Crippen LogP contribution in [0.4, 0.5) is 13.2 Å². The van der Waals surface area contributed by atoms with Gasteiger partial charge in [-0.2, -0.15) is 13.2 Å². The molecule has 1 nitrogen and oxygen atoms in total. The third-order valence-electron chi connectivity index (χ3n) is 3.05. The van der Waals surface area contributed by atoms with Crippen LogP contribution in [0, 0.1) is 0 Å². The number of rotatable bonds is 2. The average Bonchev–Trinajstić information content (AvgIpc) is 2.80. The highest BCUT2D eigenvalue weighted by atomic mass is 19.4. The van der Waals surface area contributed by atoms with E-state index in [2.05, 4.69) is 0 Å². The van der Waals surface area contributed by atoms with Gasteiger partial charge in [0.05, 0.1) is 11.6 Å². The fraction of sp³-hybridized carbons (Fsp3) is 0.385. The average molecular weight is 241 g/mol. The van der Waals surface area contributed by atoms with Gasteiger partial charge in [0.25, 0.3) is 0 Å². The van der Waals surface area contributed by atoms with Crippen LogP contribution in [0.3, 0.4) is 0 Å². The van der Waals surface area contributed by atoms with E-state index in [4.69, 9.17) is 5.73 Å². The van der Waals surface area contributed by atoms with E-state index in [0.29, 0.717) is 5.56 Å². The van der Waals surface area contributed by atoms with Crippen molar-refractivity contribution in [3.63, 3.8) is 0 Å². The molecule has 0 fully saturated rings. The van der Waals surface area contributed by atoms with Crippen LogP contribution < -0.4 is 5.73 Å². The van der Waals surface area contributed by atoms with E-state index in [1.807, 2.05) is 6.08 Å². The molecule has 1 atom stereocenters. The fourth-order valence-electron chi connectivity index (χ4n) is 2.10. The molecule has 0 bridgehead atoms. The Bertz CT molecular complexity index is 435. The summed E-state index contributed by atoms with van der Waals surface area (Å²) in [6.07, 6.45) is 0.631. The molecule has 1 unspecified atom stereocenters. The first-order valence-corrected chi connectivity index (χ1v) is 5.60. The van der Waals surface area contributed by atoms with Gasteiger partial charge in [-0.3, -0.25) is 0 Å². The molecule has 2 N–H and O–H groups in total. The largest absolute Gasteiger partial charge is 0.416 e. The van der Waals surface area contributed by atoms with Crippen LogP contribution in [0.1, 0.15) is 36.4 Å². The summed E-state index contributed by atoms with van der Waals surface area (Å²) in [6.45, 7) is 0. The van der Waals surface area contributed by atoms with Gasteiger partial charge in [0.1, 0.15) is 0 Å². The van der Waals surface area contributed by atoms with Crippen LogP contribution in [-0.2, 0) is 6.18 Å². The van der Waals surface area contributed by atoms with Crippen molar-refractivity contribution in [2.45, 2.75) is 31.5 Å². The highest BCUT2D eigenvalue weighted by Crippen LogP contribution is 2.33. The molecule has 0 heterocycles. The molecule has 1 aromatic rings. The van der Waals surface area contributed by atoms with Crippen molar-refractivity contribution in [2.24, 2.45) is 5.73 Å². The summed E-state index contributed by atoms with van der Waals surface area (Å²) in [7, 11) is 0. The van der Waals surface area contributed by atoms with E-state index in [-0.39, 0.29) is 0 Å². The summed E-state index contributed by atoms with van der Waals surface area (Å²) in [5.74, 6) is 0. The second-order valence-electron chi connectivity index (χ2n) is 4.27. The summed E-state index contributed by atoms with van der Waals surface area (Å²) in [6, 6.07) is 4.87. The van der Waals surface area contributed by atoms with E-state index in [0.717, 1.165) is 37.0 Å². The van der Waals surface area contributed by atoms with Crippen molar-refractivity contribution in [1.82, 2.24) is 0 Å². The molecule has 0 radical (unpaired) electrons. The molecule has 1 aliphatic rings. The van der Waals surface area contributed by atoms with Gasteiger partial charge in [-0.15, -0.1) is 0 Å². The topological polar surface area (TPSA) is 26.0 Å². The van der Waals surface area contributed by atoms with Crippen molar-refractivity contribution >= 4 is 0 Å². The van der Waals surface area contributed by atoms with Gasteiger partial charge in [-0.25, -0.2) is 0 Å². The van der Waals surface area contributed by atoms with E-state index in [1.54, 1.807) is 6.07 Å². The summed E-state index contributed by atoms with van der Waals surface area (Å²) in [5, 5.41) is 0. The molecule has 0 amide bonds. The third-order valence-corrected chi connectivity index (χ3v) is 3.05.